The molecule has 2 heterocycles. The molecule has 23 heavy (non-hydrogen) atoms. The van der Waals surface area contributed by atoms with Gasteiger partial charge in [0.05, 0.1) is 12.8 Å². The molecular formula is C19H33N4+. The Balaban J connectivity index is 2.56. The third-order valence-electron chi connectivity index (χ3n) is 5.64. The summed E-state index contributed by atoms with van der Waals surface area (Å²) in [6.45, 7) is 11.4. The van der Waals surface area contributed by atoms with Gasteiger partial charge >= 0.3 is 0 Å². The van der Waals surface area contributed by atoms with Crippen LogP contribution in [-0.4, -0.2) is 41.9 Å². The van der Waals surface area contributed by atoms with Gasteiger partial charge in [-0.2, -0.15) is 4.99 Å². The molecule has 0 aromatic rings. The lowest BCUT2D eigenvalue weighted by molar-refractivity contribution is -0.296. The molecule has 0 aliphatic carbocycles. The van der Waals surface area contributed by atoms with Crippen LogP contribution in [0.25, 0.3) is 0 Å². The summed E-state index contributed by atoms with van der Waals surface area (Å²) in [6.07, 6.45) is 4.57. The molecule has 2 aliphatic heterocycles. The Kier molecular flexibility index (Phi) is 5.88. The molecule has 0 N–H and O–H groups in total. The van der Waals surface area contributed by atoms with E-state index in [0.717, 1.165) is 30.9 Å². The highest BCUT2D eigenvalue weighted by molar-refractivity contribution is 6.05. The van der Waals surface area contributed by atoms with Gasteiger partial charge in [-0.1, -0.05) is 32.7 Å². The smallest absolute Gasteiger partial charge is 0.247 e. The molecule has 0 amide bonds. The minimum Gasteiger partial charge on any atom is -0.259 e. The van der Waals surface area contributed by atoms with Gasteiger partial charge in [0.2, 0.25) is 17.5 Å². The van der Waals surface area contributed by atoms with Crippen molar-refractivity contribution in [2.24, 2.45) is 38.6 Å². The zero-order valence-corrected chi connectivity index (χ0v) is 15.9. The van der Waals surface area contributed by atoms with E-state index in [-0.39, 0.29) is 0 Å². The monoisotopic (exact) mass is 317 g/mol. The number of amidine groups is 3. The van der Waals surface area contributed by atoms with E-state index in [4.69, 9.17) is 4.99 Å². The molecule has 2 aliphatic rings. The fourth-order valence-electron chi connectivity index (χ4n) is 4.02. The van der Waals surface area contributed by atoms with Crippen LogP contribution in [0.4, 0.5) is 0 Å². The van der Waals surface area contributed by atoms with Crippen molar-refractivity contribution in [1.29, 1.82) is 0 Å². The van der Waals surface area contributed by atoms with Crippen LogP contribution in [0.3, 0.4) is 0 Å². The Bertz CT molecular complexity index is 568. The summed E-state index contributed by atoms with van der Waals surface area (Å²) in [4.78, 5) is 14.1. The highest BCUT2D eigenvalue weighted by atomic mass is 15.2. The van der Waals surface area contributed by atoms with E-state index in [0.29, 0.717) is 23.7 Å². The van der Waals surface area contributed by atoms with Gasteiger partial charge in [0.25, 0.3) is 0 Å². The SMILES string of the molecule is CCC1CC(C)C([N+]2=C(C)C(C)CC(CC)C2=NC)=NC1=NC. The zero-order chi connectivity index (χ0) is 17.1. The molecule has 0 saturated carbocycles. The van der Waals surface area contributed by atoms with Crippen molar-refractivity contribution in [2.75, 3.05) is 14.1 Å². The molecule has 4 nitrogen and oxygen atoms in total. The fourth-order valence-corrected chi connectivity index (χ4v) is 4.02. The Morgan fingerprint density at radius 3 is 2.13 bits per heavy atom. The Morgan fingerprint density at radius 1 is 1.00 bits per heavy atom. The molecular weight excluding hydrogens is 284 g/mol. The van der Waals surface area contributed by atoms with E-state index in [1.807, 2.05) is 14.1 Å². The van der Waals surface area contributed by atoms with Gasteiger partial charge in [0.15, 0.2) is 0 Å². The largest absolute Gasteiger partial charge is 0.259 e. The second-order valence-corrected chi connectivity index (χ2v) is 7.09. The highest BCUT2D eigenvalue weighted by Crippen LogP contribution is 2.30. The second-order valence-electron chi connectivity index (χ2n) is 7.09. The Hall–Kier alpha value is -1.32. The molecule has 0 bridgehead atoms. The van der Waals surface area contributed by atoms with Crippen molar-refractivity contribution in [3.63, 3.8) is 0 Å². The number of hydrogen-bond donors (Lipinski definition) is 0. The van der Waals surface area contributed by atoms with Gasteiger partial charge < -0.3 is 0 Å². The second kappa shape index (κ2) is 7.50. The summed E-state index contributed by atoms with van der Waals surface area (Å²) in [5, 5.41) is 0. The number of nitrogens with zero attached hydrogens (tertiary/aromatic N) is 4. The van der Waals surface area contributed by atoms with Gasteiger partial charge in [-0.25, -0.2) is 4.58 Å². The first-order chi connectivity index (χ1) is 11.0. The van der Waals surface area contributed by atoms with Gasteiger partial charge in [-0.05, 0) is 32.6 Å². The van der Waals surface area contributed by atoms with Crippen LogP contribution in [0.5, 0.6) is 0 Å². The van der Waals surface area contributed by atoms with Crippen LogP contribution in [-0.2, 0) is 0 Å². The van der Waals surface area contributed by atoms with Gasteiger partial charge in [-0.15, -0.1) is 0 Å². The van der Waals surface area contributed by atoms with Crippen LogP contribution in [0, 0.1) is 23.7 Å². The fraction of sp³-hybridized carbons (Fsp3) is 0.789. The van der Waals surface area contributed by atoms with Crippen molar-refractivity contribution < 1.29 is 4.58 Å². The van der Waals surface area contributed by atoms with Crippen molar-refractivity contribution in [3.05, 3.63) is 0 Å². The lowest BCUT2D eigenvalue weighted by atomic mass is 9.84. The number of rotatable bonds is 2. The number of aliphatic imine (C=N–C) groups is 3. The molecule has 0 fully saturated rings. The van der Waals surface area contributed by atoms with E-state index in [2.05, 4.69) is 49.2 Å². The minimum absolute atomic E-state index is 0.444. The predicted molar refractivity (Wildman–Crippen MR) is 100 cm³/mol. The average molecular weight is 318 g/mol. The van der Waals surface area contributed by atoms with Crippen molar-refractivity contribution >= 4 is 23.2 Å². The lowest BCUT2D eigenvalue weighted by Gasteiger charge is -2.32. The summed E-state index contributed by atoms with van der Waals surface area (Å²) in [5.74, 6) is 5.39. The first kappa shape index (κ1) is 18.0. The molecule has 4 atom stereocenters. The zero-order valence-electron chi connectivity index (χ0n) is 15.9. The lowest BCUT2D eigenvalue weighted by Crippen LogP contribution is -2.47. The molecule has 4 unspecified atom stereocenters. The maximum absolute atomic E-state index is 5.00. The van der Waals surface area contributed by atoms with E-state index < -0.39 is 0 Å². The van der Waals surface area contributed by atoms with E-state index in [1.54, 1.807) is 0 Å². The van der Waals surface area contributed by atoms with Gasteiger partial charge in [-0.3, -0.25) is 4.99 Å². The Labute approximate surface area is 141 Å². The molecule has 0 spiro atoms. The minimum atomic E-state index is 0.444. The molecule has 0 aromatic carbocycles. The number of hydrogen-bond acceptors (Lipinski definition) is 2. The molecule has 0 saturated heterocycles. The van der Waals surface area contributed by atoms with Gasteiger partial charge in [0.1, 0.15) is 0 Å². The van der Waals surface area contributed by atoms with Crippen LogP contribution >= 0.6 is 0 Å². The quantitative estimate of drug-likeness (QED) is 0.690. The third-order valence-corrected chi connectivity index (χ3v) is 5.64. The first-order valence-corrected chi connectivity index (χ1v) is 9.13. The first-order valence-electron chi connectivity index (χ1n) is 9.13. The normalized spacial score (nSPS) is 35.9. The molecule has 128 valence electrons. The van der Waals surface area contributed by atoms with E-state index in [1.165, 1.54) is 18.0 Å². The van der Waals surface area contributed by atoms with Crippen LogP contribution in [0.1, 0.15) is 60.3 Å². The standard InChI is InChI=1S/C19H33N4/c1-8-15-11-13(4)18(22-17(15)20-6)23-14(5)12(3)10-16(9-2)19(23)21-7/h12-13,15-16H,8-11H2,1-7H3/q+1. The Morgan fingerprint density at radius 2 is 1.61 bits per heavy atom. The third kappa shape index (κ3) is 3.31. The molecule has 4 heteroatoms. The van der Waals surface area contributed by atoms with Gasteiger partial charge in [0, 0.05) is 30.7 Å². The molecule has 0 radical (unpaired) electrons. The maximum atomic E-state index is 5.00. The van der Waals surface area contributed by atoms with E-state index >= 15 is 0 Å². The van der Waals surface area contributed by atoms with Crippen molar-refractivity contribution in [2.45, 2.75) is 60.3 Å². The van der Waals surface area contributed by atoms with Crippen molar-refractivity contribution in [3.8, 4) is 0 Å². The van der Waals surface area contributed by atoms with Crippen LogP contribution in [0.15, 0.2) is 15.0 Å². The summed E-state index contributed by atoms with van der Waals surface area (Å²) in [5.41, 5.74) is 1.38. The highest BCUT2D eigenvalue weighted by Gasteiger charge is 2.40. The topological polar surface area (TPSA) is 40.1 Å². The van der Waals surface area contributed by atoms with Crippen LogP contribution in [0.2, 0.25) is 0 Å². The summed E-state index contributed by atoms with van der Waals surface area (Å²) < 4.78 is 2.37. The predicted octanol–water partition coefficient (Wildman–Crippen LogP) is 4.05. The molecule has 0 aromatic heterocycles. The van der Waals surface area contributed by atoms with E-state index in [9.17, 15) is 0 Å². The summed E-state index contributed by atoms with van der Waals surface area (Å²) in [7, 11) is 3.79. The van der Waals surface area contributed by atoms with Crippen molar-refractivity contribution in [1.82, 2.24) is 0 Å². The maximum Gasteiger partial charge on any atom is 0.247 e. The average Bonchev–Trinajstić information content (AvgIpc) is 2.56. The summed E-state index contributed by atoms with van der Waals surface area (Å²) >= 11 is 0. The van der Waals surface area contributed by atoms with Crippen LogP contribution < -0.4 is 0 Å². The molecule has 2 rings (SSSR count). The summed E-state index contributed by atoms with van der Waals surface area (Å²) in [6, 6.07) is 0.